The van der Waals surface area contributed by atoms with Crippen LogP contribution in [0.25, 0.3) is 11.3 Å². The highest BCUT2D eigenvalue weighted by atomic mass is 15.1. The smallest absolute Gasteiger partial charge is 0.0695 e. The Labute approximate surface area is 120 Å². The molecular weight excluding hydrogens is 246 g/mol. The molecule has 0 spiro atoms. The summed E-state index contributed by atoms with van der Waals surface area (Å²) >= 11 is 0. The van der Waals surface area contributed by atoms with Gasteiger partial charge in [-0.1, -0.05) is 56.0 Å². The molecule has 2 aromatic rings. The van der Waals surface area contributed by atoms with Crippen LogP contribution < -0.4 is 5.32 Å². The lowest BCUT2D eigenvalue weighted by molar-refractivity contribution is 0.459. The zero-order valence-corrected chi connectivity index (χ0v) is 11.9. The summed E-state index contributed by atoms with van der Waals surface area (Å²) < 4.78 is 0. The molecule has 1 aromatic heterocycles. The fourth-order valence-electron chi connectivity index (χ4n) is 3.04. The second kappa shape index (κ2) is 6.71. The van der Waals surface area contributed by atoms with Crippen LogP contribution in [0, 0.1) is 0 Å². The lowest BCUT2D eigenvalue weighted by Crippen LogP contribution is -2.27. The minimum absolute atomic E-state index is 0.677. The van der Waals surface area contributed by atoms with Gasteiger partial charge in [0.15, 0.2) is 0 Å². The second-order valence-corrected chi connectivity index (χ2v) is 5.71. The first-order valence-corrected chi connectivity index (χ1v) is 7.74. The Hall–Kier alpha value is -1.61. The Kier molecular flexibility index (Phi) is 4.49. The van der Waals surface area contributed by atoms with Crippen LogP contribution in [0.5, 0.6) is 0 Å². The summed E-state index contributed by atoms with van der Waals surface area (Å²) in [6, 6.07) is 11.1. The molecular formula is C17H23N3. The van der Waals surface area contributed by atoms with Crippen LogP contribution in [0.15, 0.2) is 36.5 Å². The first-order valence-electron chi connectivity index (χ1n) is 7.74. The van der Waals surface area contributed by atoms with Gasteiger partial charge in [0, 0.05) is 18.2 Å². The van der Waals surface area contributed by atoms with E-state index < -0.39 is 0 Å². The molecule has 0 unspecified atom stereocenters. The van der Waals surface area contributed by atoms with Crippen LogP contribution in [-0.4, -0.2) is 16.2 Å². The fourth-order valence-corrected chi connectivity index (χ4v) is 3.04. The number of aromatic amines is 1. The van der Waals surface area contributed by atoms with E-state index in [2.05, 4.69) is 39.8 Å². The Morgan fingerprint density at radius 3 is 2.55 bits per heavy atom. The van der Waals surface area contributed by atoms with Crippen molar-refractivity contribution in [2.45, 2.75) is 51.1 Å². The molecule has 1 fully saturated rings. The SMILES string of the molecule is c1ccc(-c2[nH]ncc2CNC2CCCCCC2)cc1. The summed E-state index contributed by atoms with van der Waals surface area (Å²) in [7, 11) is 0. The summed E-state index contributed by atoms with van der Waals surface area (Å²) in [6.07, 6.45) is 10.1. The lowest BCUT2D eigenvalue weighted by atomic mass is 10.1. The van der Waals surface area contributed by atoms with Gasteiger partial charge in [-0.05, 0) is 18.4 Å². The van der Waals surface area contributed by atoms with Crippen molar-refractivity contribution in [3.63, 3.8) is 0 Å². The summed E-state index contributed by atoms with van der Waals surface area (Å²) in [4.78, 5) is 0. The highest BCUT2D eigenvalue weighted by Crippen LogP contribution is 2.22. The lowest BCUT2D eigenvalue weighted by Gasteiger charge is -2.16. The molecule has 1 heterocycles. The minimum atomic E-state index is 0.677. The number of H-pyrrole nitrogens is 1. The predicted octanol–water partition coefficient (Wildman–Crippen LogP) is 3.89. The molecule has 106 valence electrons. The number of benzene rings is 1. The quantitative estimate of drug-likeness (QED) is 0.827. The van der Waals surface area contributed by atoms with E-state index in [1.807, 2.05) is 12.3 Å². The van der Waals surface area contributed by atoms with Crippen molar-refractivity contribution < 1.29 is 0 Å². The van der Waals surface area contributed by atoms with Gasteiger partial charge in [0.05, 0.1) is 11.9 Å². The van der Waals surface area contributed by atoms with E-state index in [0.717, 1.165) is 12.2 Å². The van der Waals surface area contributed by atoms with Crippen molar-refractivity contribution in [3.8, 4) is 11.3 Å². The molecule has 0 bridgehead atoms. The Bertz CT molecular complexity index is 510. The van der Waals surface area contributed by atoms with Crippen molar-refractivity contribution in [2.75, 3.05) is 0 Å². The van der Waals surface area contributed by atoms with Crippen LogP contribution in [0.3, 0.4) is 0 Å². The molecule has 3 nitrogen and oxygen atoms in total. The number of nitrogens with one attached hydrogen (secondary N) is 2. The highest BCUT2D eigenvalue weighted by Gasteiger charge is 2.13. The molecule has 0 radical (unpaired) electrons. The number of nitrogens with zero attached hydrogens (tertiary/aromatic N) is 1. The Morgan fingerprint density at radius 1 is 1.05 bits per heavy atom. The van der Waals surface area contributed by atoms with Crippen molar-refractivity contribution in [1.82, 2.24) is 15.5 Å². The van der Waals surface area contributed by atoms with Crippen molar-refractivity contribution in [2.24, 2.45) is 0 Å². The minimum Gasteiger partial charge on any atom is -0.310 e. The van der Waals surface area contributed by atoms with Gasteiger partial charge in [-0.3, -0.25) is 5.10 Å². The molecule has 0 aliphatic heterocycles. The topological polar surface area (TPSA) is 40.7 Å². The first kappa shape index (κ1) is 13.4. The van der Waals surface area contributed by atoms with Crippen LogP contribution in [0.1, 0.15) is 44.1 Å². The molecule has 3 heteroatoms. The number of aromatic nitrogens is 2. The first-order chi connectivity index (χ1) is 9.93. The van der Waals surface area contributed by atoms with Crippen LogP contribution >= 0.6 is 0 Å². The average Bonchev–Trinajstić information content (AvgIpc) is 2.81. The summed E-state index contributed by atoms with van der Waals surface area (Å²) in [5, 5.41) is 11.1. The van der Waals surface area contributed by atoms with Crippen molar-refractivity contribution in [3.05, 3.63) is 42.1 Å². The molecule has 1 aliphatic carbocycles. The number of rotatable bonds is 4. The molecule has 1 aromatic carbocycles. The molecule has 1 saturated carbocycles. The number of hydrogen-bond acceptors (Lipinski definition) is 2. The third kappa shape index (κ3) is 3.28. The van der Waals surface area contributed by atoms with E-state index in [9.17, 15) is 0 Å². The zero-order valence-electron chi connectivity index (χ0n) is 11.9. The van der Waals surface area contributed by atoms with Crippen molar-refractivity contribution in [1.29, 1.82) is 0 Å². The van der Waals surface area contributed by atoms with E-state index in [-0.39, 0.29) is 0 Å². The van der Waals surface area contributed by atoms with Crippen LogP contribution in [0.4, 0.5) is 0 Å². The Morgan fingerprint density at radius 2 is 1.80 bits per heavy atom. The standard InChI is InChI=1S/C17H23N3/c1-2-7-11-16(10-6-1)18-12-15-13-19-20-17(15)14-8-4-3-5-9-14/h3-5,8-9,13,16,18H,1-2,6-7,10-12H2,(H,19,20). The van der Waals surface area contributed by atoms with Crippen molar-refractivity contribution >= 4 is 0 Å². The van der Waals surface area contributed by atoms with Gasteiger partial charge in [-0.2, -0.15) is 5.10 Å². The monoisotopic (exact) mass is 269 g/mol. The maximum Gasteiger partial charge on any atom is 0.0695 e. The summed E-state index contributed by atoms with van der Waals surface area (Å²) in [5.74, 6) is 0. The van der Waals surface area contributed by atoms with E-state index >= 15 is 0 Å². The van der Waals surface area contributed by atoms with E-state index in [1.54, 1.807) is 0 Å². The average molecular weight is 269 g/mol. The molecule has 3 rings (SSSR count). The maximum absolute atomic E-state index is 4.22. The largest absolute Gasteiger partial charge is 0.310 e. The van der Waals surface area contributed by atoms with Gasteiger partial charge < -0.3 is 5.32 Å². The normalized spacial score (nSPS) is 17.0. The van der Waals surface area contributed by atoms with Crippen LogP contribution in [0.2, 0.25) is 0 Å². The van der Waals surface area contributed by atoms with Crippen LogP contribution in [-0.2, 0) is 6.54 Å². The van der Waals surface area contributed by atoms with Gasteiger partial charge >= 0.3 is 0 Å². The second-order valence-electron chi connectivity index (χ2n) is 5.71. The van der Waals surface area contributed by atoms with E-state index in [0.29, 0.717) is 6.04 Å². The zero-order chi connectivity index (χ0) is 13.6. The number of hydrogen-bond donors (Lipinski definition) is 2. The third-order valence-corrected chi connectivity index (χ3v) is 4.22. The molecule has 0 amide bonds. The fraction of sp³-hybridized carbons (Fsp3) is 0.471. The van der Waals surface area contributed by atoms with E-state index in [1.165, 1.54) is 49.7 Å². The molecule has 20 heavy (non-hydrogen) atoms. The highest BCUT2D eigenvalue weighted by molar-refractivity contribution is 5.62. The van der Waals surface area contributed by atoms with Gasteiger partial charge in [0.2, 0.25) is 0 Å². The summed E-state index contributed by atoms with van der Waals surface area (Å²) in [6.45, 7) is 0.908. The predicted molar refractivity (Wildman–Crippen MR) is 82.4 cm³/mol. The van der Waals surface area contributed by atoms with Gasteiger partial charge in [-0.15, -0.1) is 0 Å². The maximum atomic E-state index is 4.22. The summed E-state index contributed by atoms with van der Waals surface area (Å²) in [5.41, 5.74) is 3.62. The Balaban J connectivity index is 1.65. The van der Waals surface area contributed by atoms with Gasteiger partial charge in [0.25, 0.3) is 0 Å². The van der Waals surface area contributed by atoms with Gasteiger partial charge in [0.1, 0.15) is 0 Å². The van der Waals surface area contributed by atoms with E-state index in [4.69, 9.17) is 0 Å². The molecule has 0 atom stereocenters. The molecule has 0 saturated heterocycles. The molecule has 2 N–H and O–H groups in total. The third-order valence-electron chi connectivity index (χ3n) is 4.22. The van der Waals surface area contributed by atoms with Gasteiger partial charge in [-0.25, -0.2) is 0 Å². The molecule has 1 aliphatic rings.